The standard InChI is InChI=1S/C19H30O/c1-17-8-7-15-13(14(17)3-4-16(17)20)6-10-19-11-12(19)5-9-18(15,19)2/h12-16,20H,3-11H2,1-2H3/t12-,13?,14?,15?,16?,17?,18?,19+/m1/s1. The molecular formula is C19H30O. The molecule has 8 atom stereocenters. The first-order chi connectivity index (χ1) is 9.51. The van der Waals surface area contributed by atoms with Gasteiger partial charge < -0.3 is 5.11 Å². The summed E-state index contributed by atoms with van der Waals surface area (Å²) >= 11 is 0. The summed E-state index contributed by atoms with van der Waals surface area (Å²) in [6, 6.07) is 0. The maximum atomic E-state index is 10.5. The Kier molecular flexibility index (Phi) is 2.17. The van der Waals surface area contributed by atoms with Gasteiger partial charge in [0.2, 0.25) is 0 Å². The van der Waals surface area contributed by atoms with Gasteiger partial charge in [-0.2, -0.15) is 0 Å². The second-order valence-corrected chi connectivity index (χ2v) is 9.57. The highest BCUT2D eigenvalue weighted by molar-refractivity contribution is 5.22. The van der Waals surface area contributed by atoms with E-state index in [0.29, 0.717) is 5.41 Å². The molecule has 0 radical (unpaired) electrons. The summed E-state index contributed by atoms with van der Waals surface area (Å²) in [4.78, 5) is 0. The molecule has 0 aromatic heterocycles. The minimum absolute atomic E-state index is 0.00519. The van der Waals surface area contributed by atoms with E-state index < -0.39 is 0 Å². The molecule has 5 aliphatic carbocycles. The highest BCUT2D eigenvalue weighted by Crippen LogP contribution is 2.81. The van der Waals surface area contributed by atoms with E-state index in [-0.39, 0.29) is 11.5 Å². The van der Waals surface area contributed by atoms with E-state index in [0.717, 1.165) is 35.5 Å². The van der Waals surface area contributed by atoms with Gasteiger partial charge in [0.1, 0.15) is 0 Å². The SMILES string of the molecule is CC12CCC3C(CC[C@]45C[C@H]4CCC35C)C1CCC2O. The van der Waals surface area contributed by atoms with Gasteiger partial charge in [0.05, 0.1) is 6.10 Å². The van der Waals surface area contributed by atoms with E-state index in [4.69, 9.17) is 0 Å². The molecule has 1 spiro atoms. The molecule has 1 heteroatoms. The van der Waals surface area contributed by atoms with Crippen molar-refractivity contribution < 1.29 is 5.11 Å². The Labute approximate surface area is 123 Å². The summed E-state index contributed by atoms with van der Waals surface area (Å²) in [6.45, 7) is 5.08. The third kappa shape index (κ3) is 1.15. The van der Waals surface area contributed by atoms with Gasteiger partial charge in [-0.1, -0.05) is 13.8 Å². The second-order valence-electron chi connectivity index (χ2n) is 9.57. The summed E-state index contributed by atoms with van der Waals surface area (Å²) in [7, 11) is 0. The lowest BCUT2D eigenvalue weighted by Gasteiger charge is -2.58. The van der Waals surface area contributed by atoms with E-state index in [1.165, 1.54) is 44.9 Å². The van der Waals surface area contributed by atoms with Gasteiger partial charge >= 0.3 is 0 Å². The number of hydrogen-bond acceptors (Lipinski definition) is 1. The fraction of sp³-hybridized carbons (Fsp3) is 1.00. The molecule has 0 aromatic rings. The van der Waals surface area contributed by atoms with Gasteiger partial charge in [0.25, 0.3) is 0 Å². The van der Waals surface area contributed by atoms with Crippen LogP contribution in [0.1, 0.15) is 71.6 Å². The minimum atomic E-state index is -0.00519. The summed E-state index contributed by atoms with van der Waals surface area (Å²) in [6.07, 6.45) is 12.7. The Hall–Kier alpha value is -0.0400. The van der Waals surface area contributed by atoms with Crippen molar-refractivity contribution >= 4 is 0 Å². The lowest BCUT2D eigenvalue weighted by atomic mass is 9.47. The molecule has 5 rings (SSSR count). The number of hydrogen-bond donors (Lipinski definition) is 1. The van der Waals surface area contributed by atoms with Crippen LogP contribution in [-0.4, -0.2) is 11.2 Å². The van der Waals surface area contributed by atoms with Crippen LogP contribution in [0.3, 0.4) is 0 Å². The molecule has 5 aliphatic rings. The molecule has 6 unspecified atom stereocenters. The zero-order valence-electron chi connectivity index (χ0n) is 13.2. The molecule has 0 heterocycles. The number of fused-ring (bicyclic) bond motifs is 4. The molecule has 20 heavy (non-hydrogen) atoms. The van der Waals surface area contributed by atoms with Crippen molar-refractivity contribution in [3.63, 3.8) is 0 Å². The van der Waals surface area contributed by atoms with Crippen molar-refractivity contribution in [3.05, 3.63) is 0 Å². The number of aliphatic hydroxyl groups is 1. The smallest absolute Gasteiger partial charge is 0.0596 e. The summed E-state index contributed by atoms with van der Waals surface area (Å²) < 4.78 is 0. The number of aliphatic hydroxyl groups excluding tert-OH is 1. The summed E-state index contributed by atoms with van der Waals surface area (Å²) in [5.74, 6) is 3.88. The molecule has 1 nitrogen and oxygen atoms in total. The van der Waals surface area contributed by atoms with Crippen LogP contribution >= 0.6 is 0 Å². The van der Waals surface area contributed by atoms with Gasteiger partial charge in [-0.25, -0.2) is 0 Å². The van der Waals surface area contributed by atoms with E-state index in [1.54, 1.807) is 6.42 Å². The monoisotopic (exact) mass is 274 g/mol. The Bertz CT molecular complexity index is 459. The molecule has 1 N–H and O–H groups in total. The summed E-state index contributed by atoms with van der Waals surface area (Å²) in [5, 5.41) is 10.5. The Morgan fingerprint density at radius 1 is 0.850 bits per heavy atom. The van der Waals surface area contributed by atoms with Crippen molar-refractivity contribution in [1.82, 2.24) is 0 Å². The molecule has 0 bridgehead atoms. The van der Waals surface area contributed by atoms with Crippen LogP contribution in [0.5, 0.6) is 0 Å². The molecule has 112 valence electrons. The van der Waals surface area contributed by atoms with Gasteiger partial charge in [-0.15, -0.1) is 0 Å². The van der Waals surface area contributed by atoms with Gasteiger partial charge in [0.15, 0.2) is 0 Å². The average Bonchev–Trinajstić information content (AvgIpc) is 2.96. The topological polar surface area (TPSA) is 20.2 Å². The minimum Gasteiger partial charge on any atom is -0.393 e. The van der Waals surface area contributed by atoms with Crippen LogP contribution in [0.2, 0.25) is 0 Å². The Morgan fingerprint density at radius 3 is 2.50 bits per heavy atom. The third-order valence-corrected chi connectivity index (χ3v) is 9.51. The largest absolute Gasteiger partial charge is 0.393 e. The first-order valence-corrected chi connectivity index (χ1v) is 9.19. The molecule has 5 saturated carbocycles. The van der Waals surface area contributed by atoms with E-state index in [9.17, 15) is 5.11 Å². The molecule has 0 aromatic carbocycles. The van der Waals surface area contributed by atoms with Crippen LogP contribution in [0, 0.1) is 39.9 Å². The third-order valence-electron chi connectivity index (χ3n) is 9.51. The molecular weight excluding hydrogens is 244 g/mol. The molecule has 5 fully saturated rings. The maximum absolute atomic E-state index is 10.5. The first-order valence-electron chi connectivity index (χ1n) is 9.19. The van der Waals surface area contributed by atoms with E-state index >= 15 is 0 Å². The van der Waals surface area contributed by atoms with Gasteiger partial charge in [-0.3, -0.25) is 0 Å². The van der Waals surface area contributed by atoms with Crippen LogP contribution in [0.4, 0.5) is 0 Å². The molecule has 0 amide bonds. The quantitative estimate of drug-likeness (QED) is 0.694. The Morgan fingerprint density at radius 2 is 1.70 bits per heavy atom. The second kappa shape index (κ2) is 3.47. The zero-order chi connectivity index (χ0) is 13.8. The van der Waals surface area contributed by atoms with Crippen LogP contribution in [0.15, 0.2) is 0 Å². The van der Waals surface area contributed by atoms with E-state index in [1.807, 2.05) is 0 Å². The lowest BCUT2D eigenvalue weighted by Crippen LogP contribution is -2.52. The van der Waals surface area contributed by atoms with Crippen molar-refractivity contribution in [3.8, 4) is 0 Å². The summed E-state index contributed by atoms with van der Waals surface area (Å²) in [5.41, 5.74) is 1.73. The maximum Gasteiger partial charge on any atom is 0.0596 e. The number of rotatable bonds is 0. The van der Waals surface area contributed by atoms with Crippen molar-refractivity contribution in [2.24, 2.45) is 39.9 Å². The van der Waals surface area contributed by atoms with Crippen molar-refractivity contribution in [1.29, 1.82) is 0 Å². The highest BCUT2D eigenvalue weighted by atomic mass is 16.3. The van der Waals surface area contributed by atoms with Crippen molar-refractivity contribution in [2.75, 3.05) is 0 Å². The average molecular weight is 274 g/mol. The predicted octanol–water partition coefficient (Wildman–Crippen LogP) is 4.39. The molecule has 0 aliphatic heterocycles. The van der Waals surface area contributed by atoms with E-state index in [2.05, 4.69) is 13.8 Å². The lowest BCUT2D eigenvalue weighted by molar-refractivity contribution is -0.111. The van der Waals surface area contributed by atoms with Crippen LogP contribution in [0.25, 0.3) is 0 Å². The van der Waals surface area contributed by atoms with Crippen LogP contribution < -0.4 is 0 Å². The first kappa shape index (κ1) is 12.5. The zero-order valence-corrected chi connectivity index (χ0v) is 13.2. The van der Waals surface area contributed by atoms with Crippen molar-refractivity contribution in [2.45, 2.75) is 77.7 Å². The molecule has 0 saturated heterocycles. The fourth-order valence-corrected chi connectivity index (χ4v) is 8.21. The normalized spacial score (nSPS) is 67.0. The Balaban J connectivity index is 1.52. The highest BCUT2D eigenvalue weighted by Gasteiger charge is 2.73. The fourth-order valence-electron chi connectivity index (χ4n) is 8.21. The van der Waals surface area contributed by atoms with Gasteiger partial charge in [0, 0.05) is 0 Å². The predicted molar refractivity (Wildman–Crippen MR) is 80.2 cm³/mol. The van der Waals surface area contributed by atoms with Gasteiger partial charge in [-0.05, 0) is 97.7 Å². The van der Waals surface area contributed by atoms with Crippen LogP contribution in [-0.2, 0) is 0 Å².